The molecule has 1 fully saturated rings. The van der Waals surface area contributed by atoms with Gasteiger partial charge < -0.3 is 29.8 Å². The van der Waals surface area contributed by atoms with Crippen LogP contribution in [-0.4, -0.2) is 48.8 Å². The molecule has 33 heavy (non-hydrogen) atoms. The molecule has 172 valence electrons. The number of nitrogens with zero attached hydrogens (tertiary/aromatic N) is 1. The molecule has 8 nitrogen and oxygen atoms in total. The number of pyridine rings is 1. The summed E-state index contributed by atoms with van der Waals surface area (Å²) in [5.74, 6) is 0.979. The van der Waals surface area contributed by atoms with E-state index in [1.165, 1.54) is 0 Å². The number of H-pyrrole nitrogens is 1. The third-order valence-electron chi connectivity index (χ3n) is 5.90. The Morgan fingerprint density at radius 3 is 3.06 bits per heavy atom. The Morgan fingerprint density at radius 2 is 2.24 bits per heavy atom. The van der Waals surface area contributed by atoms with Gasteiger partial charge in [-0.3, -0.25) is 9.78 Å². The number of rotatable bonds is 7. The van der Waals surface area contributed by atoms with Gasteiger partial charge in [0.05, 0.1) is 47.1 Å². The molecule has 4 heterocycles. The highest BCUT2D eigenvalue weighted by Crippen LogP contribution is 2.42. The summed E-state index contributed by atoms with van der Waals surface area (Å²) in [4.78, 5) is 20.6. The zero-order valence-corrected chi connectivity index (χ0v) is 19.0. The fourth-order valence-electron chi connectivity index (χ4n) is 4.32. The van der Waals surface area contributed by atoms with E-state index in [4.69, 9.17) is 25.8 Å². The van der Waals surface area contributed by atoms with E-state index < -0.39 is 0 Å². The molecule has 0 saturated carbocycles. The monoisotopic (exact) mass is 468 g/mol. The first-order valence-electron chi connectivity index (χ1n) is 11.0. The van der Waals surface area contributed by atoms with E-state index in [1.807, 2.05) is 18.2 Å². The van der Waals surface area contributed by atoms with Crippen molar-refractivity contribution in [2.75, 3.05) is 32.2 Å². The van der Waals surface area contributed by atoms with Crippen molar-refractivity contribution in [1.29, 1.82) is 0 Å². The second-order valence-corrected chi connectivity index (χ2v) is 8.41. The molecule has 1 aromatic carbocycles. The molecule has 2 aliphatic rings. The Balaban J connectivity index is 1.58. The van der Waals surface area contributed by atoms with E-state index in [-0.39, 0.29) is 12.0 Å². The molecule has 0 unspecified atom stereocenters. The first-order valence-corrected chi connectivity index (χ1v) is 11.3. The van der Waals surface area contributed by atoms with Gasteiger partial charge in [0.2, 0.25) is 0 Å². The van der Waals surface area contributed by atoms with Gasteiger partial charge in [0.25, 0.3) is 5.91 Å². The second kappa shape index (κ2) is 9.33. The fourth-order valence-corrected chi connectivity index (χ4v) is 4.57. The van der Waals surface area contributed by atoms with E-state index in [9.17, 15) is 4.79 Å². The summed E-state index contributed by atoms with van der Waals surface area (Å²) in [5, 5.41) is 6.80. The van der Waals surface area contributed by atoms with Gasteiger partial charge >= 0.3 is 0 Å². The van der Waals surface area contributed by atoms with Crippen molar-refractivity contribution < 1.29 is 19.0 Å². The number of methoxy groups -OCH3 is 1. The number of hydrogen-bond acceptors (Lipinski definition) is 6. The van der Waals surface area contributed by atoms with Crippen LogP contribution in [0.1, 0.15) is 28.9 Å². The SMILES string of the molecule is COc1c(Cl)cccc1Nc1c(-c2ccncc2OC[C@@H]2CCCO2)[nH]c2c1C(=O)NCC2. The largest absolute Gasteiger partial charge is 0.493 e. The molecule has 0 aliphatic carbocycles. The zero-order valence-electron chi connectivity index (χ0n) is 18.2. The van der Waals surface area contributed by atoms with E-state index in [2.05, 4.69) is 20.6 Å². The normalized spacial score (nSPS) is 17.4. The summed E-state index contributed by atoms with van der Waals surface area (Å²) in [6.07, 6.45) is 6.19. The van der Waals surface area contributed by atoms with Gasteiger partial charge in [-0.15, -0.1) is 0 Å². The van der Waals surface area contributed by atoms with Crippen molar-refractivity contribution in [1.82, 2.24) is 15.3 Å². The molecule has 3 aromatic rings. The molecule has 3 N–H and O–H groups in total. The quantitative estimate of drug-likeness (QED) is 0.477. The molecule has 1 atom stereocenters. The molecule has 0 bridgehead atoms. The molecule has 0 radical (unpaired) electrons. The average molecular weight is 469 g/mol. The van der Waals surface area contributed by atoms with Gasteiger partial charge in [-0.1, -0.05) is 17.7 Å². The first kappa shape index (κ1) is 21.6. The summed E-state index contributed by atoms with van der Waals surface area (Å²) in [5.41, 5.74) is 4.26. The summed E-state index contributed by atoms with van der Waals surface area (Å²) in [6, 6.07) is 7.32. The number of anilines is 2. The molecule has 1 amide bonds. The maximum Gasteiger partial charge on any atom is 0.255 e. The predicted octanol–water partition coefficient (Wildman–Crippen LogP) is 4.33. The maximum atomic E-state index is 12.9. The van der Waals surface area contributed by atoms with Crippen LogP contribution in [0.5, 0.6) is 11.5 Å². The number of carbonyl (C=O) groups excluding carboxylic acids is 1. The highest BCUT2D eigenvalue weighted by molar-refractivity contribution is 6.32. The molecular weight excluding hydrogens is 444 g/mol. The lowest BCUT2D eigenvalue weighted by molar-refractivity contribution is 0.0680. The van der Waals surface area contributed by atoms with E-state index >= 15 is 0 Å². The molecule has 2 aromatic heterocycles. The Bertz CT molecular complexity index is 1170. The lowest BCUT2D eigenvalue weighted by Crippen LogP contribution is -2.31. The number of halogens is 1. The van der Waals surface area contributed by atoms with Gasteiger partial charge in [0.1, 0.15) is 12.4 Å². The number of benzene rings is 1. The number of fused-ring (bicyclic) bond motifs is 1. The van der Waals surface area contributed by atoms with Crippen LogP contribution in [0.25, 0.3) is 11.3 Å². The minimum absolute atomic E-state index is 0.0778. The first-order chi connectivity index (χ1) is 16.2. The fraction of sp³-hybridized carbons (Fsp3) is 0.333. The lowest BCUT2D eigenvalue weighted by Gasteiger charge is -2.18. The average Bonchev–Trinajstić information content (AvgIpc) is 3.47. The van der Waals surface area contributed by atoms with Crippen molar-refractivity contribution in [3.63, 3.8) is 0 Å². The highest BCUT2D eigenvalue weighted by atomic mass is 35.5. The number of aromatic nitrogens is 2. The Hall–Kier alpha value is -3.23. The predicted molar refractivity (Wildman–Crippen MR) is 126 cm³/mol. The van der Waals surface area contributed by atoms with Gasteiger partial charge in [-0.2, -0.15) is 0 Å². The van der Waals surface area contributed by atoms with Crippen molar-refractivity contribution in [2.24, 2.45) is 0 Å². The maximum absolute atomic E-state index is 12.9. The van der Waals surface area contributed by atoms with E-state index in [1.54, 1.807) is 25.6 Å². The number of para-hydroxylation sites is 1. The third-order valence-corrected chi connectivity index (χ3v) is 6.20. The number of carbonyl (C=O) groups is 1. The molecule has 1 saturated heterocycles. The molecule has 5 rings (SSSR count). The number of hydrogen-bond donors (Lipinski definition) is 3. The van der Waals surface area contributed by atoms with Crippen LogP contribution in [-0.2, 0) is 11.2 Å². The van der Waals surface area contributed by atoms with E-state index in [0.717, 1.165) is 36.4 Å². The standard InChI is InChI=1S/C24H25ClN4O4/c1-31-23-16(25)5-2-6-18(23)29-22-20-17(8-10-27-24(20)30)28-21(22)15-7-9-26-12-19(15)33-13-14-4-3-11-32-14/h2,5-7,9,12,14,28-29H,3-4,8,10-11,13H2,1H3,(H,27,30)/t14-/m0/s1. The minimum Gasteiger partial charge on any atom is -0.493 e. The van der Waals surface area contributed by atoms with Crippen molar-refractivity contribution in [2.45, 2.75) is 25.4 Å². The summed E-state index contributed by atoms with van der Waals surface area (Å²) in [7, 11) is 1.56. The third kappa shape index (κ3) is 4.24. The second-order valence-electron chi connectivity index (χ2n) is 8.00. The summed E-state index contributed by atoms with van der Waals surface area (Å²) < 4.78 is 17.3. The van der Waals surface area contributed by atoms with Crippen LogP contribution in [0.4, 0.5) is 11.4 Å². The summed E-state index contributed by atoms with van der Waals surface area (Å²) >= 11 is 6.33. The molecular formula is C24H25ClN4O4. The smallest absolute Gasteiger partial charge is 0.255 e. The number of amides is 1. The Morgan fingerprint density at radius 1 is 1.33 bits per heavy atom. The van der Waals surface area contributed by atoms with Crippen LogP contribution in [0, 0.1) is 0 Å². The van der Waals surface area contributed by atoms with Crippen molar-refractivity contribution >= 4 is 28.9 Å². The van der Waals surface area contributed by atoms with Crippen LogP contribution in [0.15, 0.2) is 36.7 Å². The molecule has 9 heteroatoms. The van der Waals surface area contributed by atoms with Gasteiger partial charge in [-0.05, 0) is 31.0 Å². The topological polar surface area (TPSA) is 97.5 Å². The van der Waals surface area contributed by atoms with Gasteiger partial charge in [0.15, 0.2) is 5.75 Å². The van der Waals surface area contributed by atoms with Crippen LogP contribution in [0.3, 0.4) is 0 Å². The number of ether oxygens (including phenoxy) is 3. The highest BCUT2D eigenvalue weighted by Gasteiger charge is 2.29. The van der Waals surface area contributed by atoms with Crippen LogP contribution in [0.2, 0.25) is 5.02 Å². The Labute approximate surface area is 196 Å². The molecule has 0 spiro atoms. The summed E-state index contributed by atoms with van der Waals surface area (Å²) in [6.45, 7) is 1.79. The Kier molecular flexibility index (Phi) is 6.11. The number of aromatic amines is 1. The van der Waals surface area contributed by atoms with E-state index in [0.29, 0.717) is 53.0 Å². The minimum atomic E-state index is -0.141. The van der Waals surface area contributed by atoms with Crippen molar-refractivity contribution in [3.05, 3.63) is 52.9 Å². The van der Waals surface area contributed by atoms with Crippen LogP contribution < -0.4 is 20.1 Å². The van der Waals surface area contributed by atoms with Gasteiger partial charge in [-0.25, -0.2) is 0 Å². The van der Waals surface area contributed by atoms with Crippen LogP contribution >= 0.6 is 11.6 Å². The zero-order chi connectivity index (χ0) is 22.8. The van der Waals surface area contributed by atoms with Gasteiger partial charge in [0, 0.05) is 37.0 Å². The molecule has 2 aliphatic heterocycles. The van der Waals surface area contributed by atoms with Crippen molar-refractivity contribution in [3.8, 4) is 22.8 Å². The number of nitrogens with one attached hydrogen (secondary N) is 3. The lowest BCUT2D eigenvalue weighted by atomic mass is 10.0.